The van der Waals surface area contributed by atoms with Crippen molar-refractivity contribution in [2.75, 3.05) is 6.61 Å². The van der Waals surface area contributed by atoms with Crippen LogP contribution in [0.15, 0.2) is 51.4 Å². The minimum absolute atomic E-state index is 0.165. The number of carbonyl (C=O) groups is 1. The Morgan fingerprint density at radius 3 is 2.55 bits per heavy atom. The lowest BCUT2D eigenvalue weighted by molar-refractivity contribution is -0.139. The van der Waals surface area contributed by atoms with Crippen molar-refractivity contribution < 1.29 is 9.53 Å². The van der Waals surface area contributed by atoms with Crippen molar-refractivity contribution in [1.29, 1.82) is 0 Å². The van der Waals surface area contributed by atoms with Gasteiger partial charge in [0.25, 0.3) is 5.56 Å². The fourth-order valence-corrected chi connectivity index (χ4v) is 4.93. The van der Waals surface area contributed by atoms with Crippen LogP contribution in [0.3, 0.4) is 0 Å². The summed E-state index contributed by atoms with van der Waals surface area (Å²) in [5.41, 5.74) is 5.77. The van der Waals surface area contributed by atoms with Crippen LogP contribution in [0.25, 0.3) is 6.08 Å². The predicted molar refractivity (Wildman–Crippen MR) is 122 cm³/mol. The number of ether oxygens (including phenoxy) is 1. The number of nitrogens with one attached hydrogen (secondary N) is 1. The first-order chi connectivity index (χ1) is 14.8. The molecule has 1 atom stereocenters. The molecule has 0 saturated carbocycles. The number of hydrogen-bond acceptors (Lipinski definition) is 5. The maximum atomic E-state index is 13.5. The standard InChI is InChI=1S/C24H25N3O3S/c1-6-30-23(29)20-16(5)26-24-27(21(20)17-9-7-13(2)8-10-17)22(28)19(31-24)12-18-11-14(3)25-15(18)4/h7-12,21,25H,6H2,1-5H3/b19-12-/t21-/m1/s1. The number of aromatic nitrogens is 2. The number of carbonyl (C=O) groups excluding carboxylic acids is 1. The van der Waals surface area contributed by atoms with Gasteiger partial charge in [0.1, 0.15) is 0 Å². The van der Waals surface area contributed by atoms with Crippen LogP contribution < -0.4 is 14.9 Å². The van der Waals surface area contributed by atoms with Crippen LogP contribution in [0.2, 0.25) is 0 Å². The lowest BCUT2D eigenvalue weighted by Gasteiger charge is -2.24. The van der Waals surface area contributed by atoms with E-state index in [-0.39, 0.29) is 12.2 Å². The SMILES string of the molecule is CCOC(=O)C1=C(C)N=c2s/c(=C\c3cc(C)[nH]c3C)c(=O)n2[C@@H]1c1ccc(C)cc1. The molecule has 4 rings (SSSR count). The van der Waals surface area contributed by atoms with Gasteiger partial charge in [-0.2, -0.15) is 0 Å². The summed E-state index contributed by atoms with van der Waals surface area (Å²) in [6.45, 7) is 9.79. The van der Waals surface area contributed by atoms with E-state index in [0.29, 0.717) is 20.6 Å². The average Bonchev–Trinajstić information content (AvgIpc) is 3.19. The average molecular weight is 436 g/mol. The zero-order valence-electron chi connectivity index (χ0n) is 18.3. The predicted octanol–water partition coefficient (Wildman–Crippen LogP) is 3.05. The maximum Gasteiger partial charge on any atom is 0.338 e. The fraction of sp³-hybridized carbons (Fsp3) is 0.292. The second kappa shape index (κ2) is 8.15. The number of hydrogen-bond donors (Lipinski definition) is 1. The fourth-order valence-electron chi connectivity index (χ4n) is 3.89. The number of benzene rings is 1. The first kappa shape index (κ1) is 21.1. The highest BCUT2D eigenvalue weighted by molar-refractivity contribution is 7.07. The molecule has 7 heteroatoms. The topological polar surface area (TPSA) is 76.4 Å². The third-order valence-electron chi connectivity index (χ3n) is 5.39. The highest BCUT2D eigenvalue weighted by Crippen LogP contribution is 2.30. The van der Waals surface area contributed by atoms with E-state index >= 15 is 0 Å². The van der Waals surface area contributed by atoms with E-state index in [1.807, 2.05) is 57.2 Å². The summed E-state index contributed by atoms with van der Waals surface area (Å²) in [6.07, 6.45) is 1.89. The summed E-state index contributed by atoms with van der Waals surface area (Å²) in [5, 5.41) is 0. The Hall–Kier alpha value is -3.19. The van der Waals surface area contributed by atoms with Crippen LogP contribution in [-0.2, 0) is 9.53 Å². The van der Waals surface area contributed by atoms with Gasteiger partial charge in [-0.3, -0.25) is 9.36 Å². The summed E-state index contributed by atoms with van der Waals surface area (Å²) in [7, 11) is 0. The highest BCUT2D eigenvalue weighted by atomic mass is 32.1. The first-order valence-electron chi connectivity index (χ1n) is 10.2. The number of esters is 1. The van der Waals surface area contributed by atoms with E-state index in [1.165, 1.54) is 11.3 Å². The maximum absolute atomic E-state index is 13.5. The molecule has 0 saturated heterocycles. The van der Waals surface area contributed by atoms with Crippen LogP contribution in [-0.4, -0.2) is 22.1 Å². The third-order valence-corrected chi connectivity index (χ3v) is 6.37. The molecule has 3 aromatic rings. The van der Waals surface area contributed by atoms with E-state index in [2.05, 4.69) is 9.98 Å². The monoisotopic (exact) mass is 435 g/mol. The van der Waals surface area contributed by atoms with E-state index in [0.717, 1.165) is 28.1 Å². The minimum atomic E-state index is -0.577. The Kier molecular flexibility index (Phi) is 5.54. The number of aryl methyl sites for hydroxylation is 3. The molecule has 0 radical (unpaired) electrons. The second-order valence-electron chi connectivity index (χ2n) is 7.75. The van der Waals surface area contributed by atoms with Crippen molar-refractivity contribution >= 4 is 23.4 Å². The molecule has 1 aliphatic heterocycles. The molecule has 0 spiro atoms. The molecule has 31 heavy (non-hydrogen) atoms. The van der Waals surface area contributed by atoms with E-state index in [4.69, 9.17) is 4.74 Å². The normalized spacial score (nSPS) is 16.3. The second-order valence-corrected chi connectivity index (χ2v) is 8.75. The smallest absolute Gasteiger partial charge is 0.338 e. The van der Waals surface area contributed by atoms with Crippen molar-refractivity contribution in [2.45, 2.75) is 40.7 Å². The van der Waals surface area contributed by atoms with Gasteiger partial charge in [0.15, 0.2) is 4.80 Å². The van der Waals surface area contributed by atoms with Crippen molar-refractivity contribution in [3.8, 4) is 0 Å². The Labute approximate surface area is 184 Å². The van der Waals surface area contributed by atoms with Gasteiger partial charge in [0.2, 0.25) is 0 Å². The van der Waals surface area contributed by atoms with E-state index in [1.54, 1.807) is 18.4 Å². The van der Waals surface area contributed by atoms with Crippen molar-refractivity contribution in [2.24, 2.45) is 4.99 Å². The molecular weight excluding hydrogens is 410 g/mol. The van der Waals surface area contributed by atoms with Crippen LogP contribution in [0.1, 0.15) is 48.0 Å². The number of fused-ring (bicyclic) bond motifs is 1. The molecule has 0 amide bonds. The van der Waals surface area contributed by atoms with Crippen molar-refractivity contribution in [3.05, 3.63) is 89.4 Å². The molecular formula is C24H25N3O3S. The van der Waals surface area contributed by atoms with Gasteiger partial charge in [-0.05, 0) is 57.9 Å². The van der Waals surface area contributed by atoms with E-state index < -0.39 is 12.0 Å². The first-order valence-corrected chi connectivity index (χ1v) is 11.0. The van der Waals surface area contributed by atoms with Crippen LogP contribution >= 0.6 is 11.3 Å². The molecule has 0 unspecified atom stereocenters. The molecule has 0 aliphatic carbocycles. The highest BCUT2D eigenvalue weighted by Gasteiger charge is 2.33. The Morgan fingerprint density at radius 1 is 1.23 bits per heavy atom. The van der Waals surface area contributed by atoms with Crippen LogP contribution in [0, 0.1) is 20.8 Å². The molecule has 1 aromatic carbocycles. The Morgan fingerprint density at radius 2 is 1.94 bits per heavy atom. The lowest BCUT2D eigenvalue weighted by Crippen LogP contribution is -2.39. The van der Waals surface area contributed by atoms with Gasteiger partial charge in [-0.1, -0.05) is 41.2 Å². The number of allylic oxidation sites excluding steroid dienone is 1. The Bertz CT molecular complexity index is 1370. The third kappa shape index (κ3) is 3.81. The zero-order valence-corrected chi connectivity index (χ0v) is 19.1. The molecule has 0 fully saturated rings. The van der Waals surface area contributed by atoms with Gasteiger partial charge in [-0.15, -0.1) is 0 Å². The van der Waals surface area contributed by atoms with Gasteiger partial charge in [0, 0.05) is 11.4 Å². The number of H-pyrrole nitrogens is 1. The summed E-state index contributed by atoms with van der Waals surface area (Å²) in [6, 6.07) is 9.31. The quantitative estimate of drug-likeness (QED) is 0.640. The lowest BCUT2D eigenvalue weighted by atomic mass is 9.95. The zero-order chi connectivity index (χ0) is 22.3. The molecule has 160 valence electrons. The Balaban J connectivity index is 1.97. The number of rotatable bonds is 4. The minimum Gasteiger partial charge on any atom is -0.463 e. The summed E-state index contributed by atoms with van der Waals surface area (Å²) in [4.78, 5) is 34.8. The molecule has 2 aromatic heterocycles. The molecule has 1 aliphatic rings. The molecule has 3 heterocycles. The molecule has 0 bridgehead atoms. The number of nitrogens with zero attached hydrogens (tertiary/aromatic N) is 2. The van der Waals surface area contributed by atoms with Gasteiger partial charge in [0.05, 0.1) is 28.5 Å². The summed E-state index contributed by atoms with van der Waals surface area (Å²) in [5.74, 6) is -0.444. The molecule has 6 nitrogen and oxygen atoms in total. The van der Waals surface area contributed by atoms with Crippen molar-refractivity contribution in [3.63, 3.8) is 0 Å². The molecule has 1 N–H and O–H groups in total. The van der Waals surface area contributed by atoms with E-state index in [9.17, 15) is 9.59 Å². The van der Waals surface area contributed by atoms with Crippen molar-refractivity contribution in [1.82, 2.24) is 9.55 Å². The largest absolute Gasteiger partial charge is 0.463 e. The van der Waals surface area contributed by atoms with Crippen LogP contribution in [0.4, 0.5) is 0 Å². The summed E-state index contributed by atoms with van der Waals surface area (Å²) >= 11 is 1.34. The summed E-state index contributed by atoms with van der Waals surface area (Å²) < 4.78 is 7.52. The van der Waals surface area contributed by atoms with Gasteiger partial charge in [-0.25, -0.2) is 9.79 Å². The number of aromatic amines is 1. The van der Waals surface area contributed by atoms with Crippen LogP contribution in [0.5, 0.6) is 0 Å². The van der Waals surface area contributed by atoms with Gasteiger partial charge >= 0.3 is 5.97 Å². The van der Waals surface area contributed by atoms with Gasteiger partial charge < -0.3 is 9.72 Å². The number of thiazole rings is 1.